The molecule has 0 bridgehead atoms. The van der Waals surface area contributed by atoms with Gasteiger partial charge in [-0.25, -0.2) is 0 Å². The summed E-state index contributed by atoms with van der Waals surface area (Å²) in [5.41, 5.74) is 3.30. The van der Waals surface area contributed by atoms with Crippen molar-refractivity contribution in [2.24, 2.45) is 0 Å². The normalized spacial score (nSPS) is 13.0. The summed E-state index contributed by atoms with van der Waals surface area (Å²) in [6, 6.07) is 13.6. The van der Waals surface area contributed by atoms with Crippen LogP contribution in [0.2, 0.25) is 0 Å². The molecule has 0 aliphatic carbocycles. The van der Waals surface area contributed by atoms with E-state index in [2.05, 4.69) is 4.98 Å². The van der Waals surface area contributed by atoms with E-state index in [0.717, 1.165) is 33.1 Å². The van der Waals surface area contributed by atoms with Gasteiger partial charge in [-0.1, -0.05) is 30.3 Å². The Bertz CT molecular complexity index is 1220. The summed E-state index contributed by atoms with van der Waals surface area (Å²) in [4.78, 5) is 16.9. The van der Waals surface area contributed by atoms with Crippen LogP contribution in [-0.2, 0) is 16.1 Å². The summed E-state index contributed by atoms with van der Waals surface area (Å²) in [7, 11) is 0. The molecule has 0 saturated heterocycles. The Hall–Kier alpha value is -3.61. The average Bonchev–Trinajstić information content (AvgIpc) is 3.12. The van der Waals surface area contributed by atoms with Crippen LogP contribution in [-0.4, -0.2) is 40.6 Å². The Kier molecular flexibility index (Phi) is 4.27. The van der Waals surface area contributed by atoms with E-state index in [4.69, 9.17) is 19.3 Å². The minimum absolute atomic E-state index is 0.0186. The molecule has 4 aromatic rings. The van der Waals surface area contributed by atoms with Crippen LogP contribution in [0.25, 0.3) is 33.1 Å². The molecule has 2 aromatic heterocycles. The Labute approximate surface area is 166 Å². The quantitative estimate of drug-likeness (QED) is 0.497. The van der Waals surface area contributed by atoms with E-state index in [1.165, 1.54) is 0 Å². The fourth-order valence-corrected chi connectivity index (χ4v) is 3.64. The molecule has 0 amide bonds. The summed E-state index contributed by atoms with van der Waals surface area (Å²) in [5.74, 6) is 1.01. The van der Waals surface area contributed by atoms with Gasteiger partial charge >= 0.3 is 5.97 Å². The molecule has 29 heavy (non-hydrogen) atoms. The van der Waals surface area contributed by atoms with Crippen LogP contribution in [0.3, 0.4) is 0 Å². The SMILES string of the molecule is CCOC(=O)Cn1nc(-c2ccccc2)c2cnc3cc4c(cc3c21)OCCO4. The van der Waals surface area contributed by atoms with Crippen molar-refractivity contribution in [3.05, 3.63) is 48.7 Å². The second-order valence-corrected chi connectivity index (χ2v) is 6.71. The standard InChI is InChI=1S/C22H19N3O4/c1-2-27-20(26)13-25-22-15-10-18-19(29-9-8-28-18)11-17(15)23-12-16(22)21(24-25)14-6-4-3-5-7-14/h3-7,10-12H,2,8-9,13H2,1H3. The summed E-state index contributed by atoms with van der Waals surface area (Å²) in [6.45, 7) is 3.14. The number of fused-ring (bicyclic) bond motifs is 4. The summed E-state index contributed by atoms with van der Waals surface area (Å²) < 4.78 is 18.3. The number of hydrogen-bond donors (Lipinski definition) is 0. The molecule has 3 heterocycles. The predicted octanol–water partition coefficient (Wildman–Crippen LogP) is 3.59. The maximum Gasteiger partial charge on any atom is 0.327 e. The van der Waals surface area contributed by atoms with Gasteiger partial charge in [0.05, 0.1) is 17.6 Å². The summed E-state index contributed by atoms with van der Waals surface area (Å²) in [6.07, 6.45) is 1.80. The van der Waals surface area contributed by atoms with Crippen LogP contribution in [0, 0.1) is 0 Å². The summed E-state index contributed by atoms with van der Waals surface area (Å²) in [5, 5.41) is 6.47. The monoisotopic (exact) mass is 389 g/mol. The molecule has 0 spiro atoms. The van der Waals surface area contributed by atoms with Gasteiger partial charge in [0.1, 0.15) is 25.5 Å². The molecule has 0 N–H and O–H groups in total. The number of nitrogens with zero attached hydrogens (tertiary/aromatic N) is 3. The van der Waals surface area contributed by atoms with E-state index < -0.39 is 0 Å². The van der Waals surface area contributed by atoms with E-state index in [1.807, 2.05) is 42.5 Å². The van der Waals surface area contributed by atoms with Crippen molar-refractivity contribution in [1.29, 1.82) is 0 Å². The fourth-order valence-electron chi connectivity index (χ4n) is 3.64. The van der Waals surface area contributed by atoms with Gasteiger partial charge in [0.2, 0.25) is 0 Å². The molecule has 0 radical (unpaired) electrons. The molecule has 0 unspecified atom stereocenters. The van der Waals surface area contributed by atoms with E-state index in [-0.39, 0.29) is 12.5 Å². The van der Waals surface area contributed by atoms with Crippen LogP contribution in [0.15, 0.2) is 48.7 Å². The fraction of sp³-hybridized carbons (Fsp3) is 0.227. The maximum atomic E-state index is 12.2. The first kappa shape index (κ1) is 17.5. The lowest BCUT2D eigenvalue weighted by molar-refractivity contribution is -0.143. The molecule has 2 aromatic carbocycles. The molecule has 0 fully saturated rings. The van der Waals surface area contributed by atoms with Crippen LogP contribution < -0.4 is 9.47 Å². The third-order valence-electron chi connectivity index (χ3n) is 4.87. The molecular weight excluding hydrogens is 370 g/mol. The first-order valence-corrected chi connectivity index (χ1v) is 9.54. The third-order valence-corrected chi connectivity index (χ3v) is 4.87. The van der Waals surface area contributed by atoms with Gasteiger partial charge in [-0.2, -0.15) is 5.10 Å². The van der Waals surface area contributed by atoms with E-state index >= 15 is 0 Å². The Morgan fingerprint density at radius 2 is 1.86 bits per heavy atom. The minimum Gasteiger partial charge on any atom is -0.486 e. The second-order valence-electron chi connectivity index (χ2n) is 6.71. The highest BCUT2D eigenvalue weighted by molar-refractivity contribution is 6.09. The van der Waals surface area contributed by atoms with E-state index in [0.29, 0.717) is 31.3 Å². The first-order valence-electron chi connectivity index (χ1n) is 9.54. The molecular formula is C22H19N3O4. The Morgan fingerprint density at radius 1 is 1.10 bits per heavy atom. The molecule has 7 heteroatoms. The van der Waals surface area contributed by atoms with Crippen molar-refractivity contribution in [3.63, 3.8) is 0 Å². The van der Waals surface area contributed by atoms with Crippen molar-refractivity contribution in [2.45, 2.75) is 13.5 Å². The molecule has 0 atom stereocenters. The zero-order valence-corrected chi connectivity index (χ0v) is 15.9. The number of rotatable bonds is 4. The number of aromatic nitrogens is 3. The van der Waals surface area contributed by atoms with Gasteiger partial charge in [0, 0.05) is 28.6 Å². The Balaban J connectivity index is 1.77. The molecule has 1 aliphatic heterocycles. The number of benzene rings is 2. The van der Waals surface area contributed by atoms with Gasteiger partial charge in [0.25, 0.3) is 0 Å². The lowest BCUT2D eigenvalue weighted by atomic mass is 10.1. The smallest absolute Gasteiger partial charge is 0.327 e. The summed E-state index contributed by atoms with van der Waals surface area (Å²) >= 11 is 0. The zero-order chi connectivity index (χ0) is 19.8. The number of esters is 1. The number of hydrogen-bond acceptors (Lipinski definition) is 6. The average molecular weight is 389 g/mol. The lowest BCUT2D eigenvalue weighted by Gasteiger charge is -2.19. The van der Waals surface area contributed by atoms with E-state index in [9.17, 15) is 4.79 Å². The predicted molar refractivity (Wildman–Crippen MR) is 108 cm³/mol. The highest BCUT2D eigenvalue weighted by Crippen LogP contribution is 2.38. The maximum absolute atomic E-state index is 12.2. The molecule has 146 valence electrons. The van der Waals surface area contributed by atoms with Crippen LogP contribution in [0.4, 0.5) is 0 Å². The van der Waals surface area contributed by atoms with Crippen molar-refractivity contribution in [1.82, 2.24) is 14.8 Å². The van der Waals surface area contributed by atoms with Crippen LogP contribution >= 0.6 is 0 Å². The van der Waals surface area contributed by atoms with Crippen molar-refractivity contribution < 1.29 is 19.0 Å². The number of pyridine rings is 1. The molecule has 1 aliphatic rings. The number of carbonyl (C=O) groups is 1. The number of ether oxygens (including phenoxy) is 3. The van der Waals surface area contributed by atoms with Gasteiger partial charge in [-0.3, -0.25) is 14.5 Å². The topological polar surface area (TPSA) is 75.5 Å². The minimum atomic E-state index is -0.334. The second kappa shape index (κ2) is 7.09. The molecule has 7 nitrogen and oxygen atoms in total. The highest BCUT2D eigenvalue weighted by atomic mass is 16.6. The van der Waals surface area contributed by atoms with Gasteiger partial charge in [-0.15, -0.1) is 0 Å². The highest BCUT2D eigenvalue weighted by Gasteiger charge is 2.21. The van der Waals surface area contributed by atoms with Crippen LogP contribution in [0.1, 0.15) is 6.92 Å². The van der Waals surface area contributed by atoms with Gasteiger partial charge < -0.3 is 14.2 Å². The van der Waals surface area contributed by atoms with Gasteiger partial charge in [-0.05, 0) is 13.0 Å². The largest absolute Gasteiger partial charge is 0.486 e. The molecule has 5 rings (SSSR count). The first-order chi connectivity index (χ1) is 14.2. The third kappa shape index (κ3) is 3.04. The van der Waals surface area contributed by atoms with Crippen molar-refractivity contribution >= 4 is 27.8 Å². The van der Waals surface area contributed by atoms with Crippen LogP contribution in [0.5, 0.6) is 11.5 Å². The lowest BCUT2D eigenvalue weighted by Crippen LogP contribution is -2.16. The van der Waals surface area contributed by atoms with Crippen molar-refractivity contribution in [2.75, 3.05) is 19.8 Å². The molecule has 0 saturated carbocycles. The van der Waals surface area contributed by atoms with E-state index in [1.54, 1.807) is 17.8 Å². The Morgan fingerprint density at radius 3 is 2.62 bits per heavy atom. The zero-order valence-electron chi connectivity index (χ0n) is 15.9. The number of carbonyl (C=O) groups excluding carboxylic acids is 1. The van der Waals surface area contributed by atoms with Gasteiger partial charge in [0.15, 0.2) is 11.5 Å². The van der Waals surface area contributed by atoms with Crippen molar-refractivity contribution in [3.8, 4) is 22.8 Å².